The highest BCUT2D eigenvalue weighted by atomic mass is 19.1. The van der Waals surface area contributed by atoms with Crippen LogP contribution < -0.4 is 15.2 Å². The van der Waals surface area contributed by atoms with Crippen LogP contribution in [-0.4, -0.2) is 34.9 Å². The normalized spacial score (nSPS) is 14.7. The lowest BCUT2D eigenvalue weighted by Gasteiger charge is -2.29. The first-order valence-electron chi connectivity index (χ1n) is 9.90. The summed E-state index contributed by atoms with van der Waals surface area (Å²) in [5, 5.41) is 7.44. The van der Waals surface area contributed by atoms with Gasteiger partial charge in [0.05, 0.1) is 5.92 Å². The van der Waals surface area contributed by atoms with Crippen LogP contribution >= 0.6 is 0 Å². The number of fused-ring (bicyclic) bond motifs is 2. The number of nitrogens with two attached hydrogens (primary N) is 1. The Labute approximate surface area is 183 Å². The highest BCUT2D eigenvalue weighted by molar-refractivity contribution is 5.69. The highest BCUT2D eigenvalue weighted by Gasteiger charge is 2.32. The fourth-order valence-corrected chi connectivity index (χ4v) is 3.47. The van der Waals surface area contributed by atoms with Gasteiger partial charge in [-0.1, -0.05) is 6.07 Å². The molecule has 166 valence electrons. The van der Waals surface area contributed by atoms with E-state index in [1.54, 1.807) is 24.5 Å². The van der Waals surface area contributed by atoms with E-state index in [0.717, 1.165) is 17.2 Å². The van der Waals surface area contributed by atoms with Crippen LogP contribution in [-0.2, 0) is 4.74 Å². The standard InChI is InChI=1S/C23H22F2N4O3/c1-23(2,25)11-31-15-6-17-18(10-30-22(26)27)16-5-13(14-8-28-12-29-9-14)3-4-20(16)32-21(17)19(24)7-15/h3-9,12,18H,10-11H2,1-2H3,(H3,26,27). The Morgan fingerprint density at radius 2 is 1.91 bits per heavy atom. The third kappa shape index (κ3) is 4.61. The van der Waals surface area contributed by atoms with Gasteiger partial charge in [-0.3, -0.25) is 5.41 Å². The summed E-state index contributed by atoms with van der Waals surface area (Å²) in [6.07, 6.45) is 4.79. The zero-order valence-corrected chi connectivity index (χ0v) is 17.6. The lowest BCUT2D eigenvalue weighted by atomic mass is 9.86. The predicted octanol–water partition coefficient (Wildman–Crippen LogP) is 4.56. The average molecular weight is 440 g/mol. The summed E-state index contributed by atoms with van der Waals surface area (Å²) in [6.45, 7) is 2.49. The molecule has 0 bridgehead atoms. The van der Waals surface area contributed by atoms with Crippen molar-refractivity contribution in [1.82, 2.24) is 9.97 Å². The van der Waals surface area contributed by atoms with Crippen LogP contribution in [0.3, 0.4) is 0 Å². The molecule has 32 heavy (non-hydrogen) atoms. The van der Waals surface area contributed by atoms with Crippen LogP contribution in [0.1, 0.15) is 30.9 Å². The summed E-state index contributed by atoms with van der Waals surface area (Å²) in [5.41, 5.74) is 6.60. The van der Waals surface area contributed by atoms with E-state index in [0.29, 0.717) is 16.9 Å². The largest absolute Gasteiger partial charge is 0.490 e. The molecule has 9 heteroatoms. The van der Waals surface area contributed by atoms with Crippen LogP contribution in [0.2, 0.25) is 0 Å². The third-order valence-electron chi connectivity index (χ3n) is 4.90. The van der Waals surface area contributed by atoms with E-state index in [9.17, 15) is 8.78 Å². The van der Waals surface area contributed by atoms with E-state index in [-0.39, 0.29) is 24.7 Å². The number of amidine groups is 1. The van der Waals surface area contributed by atoms with Crippen LogP contribution in [0.15, 0.2) is 49.1 Å². The van der Waals surface area contributed by atoms with Gasteiger partial charge < -0.3 is 19.9 Å². The molecule has 0 amide bonds. The molecule has 2 aromatic carbocycles. The van der Waals surface area contributed by atoms with Gasteiger partial charge in [0.15, 0.2) is 11.6 Å². The number of halogens is 2. The zero-order valence-electron chi connectivity index (χ0n) is 17.6. The number of hydrogen-bond donors (Lipinski definition) is 2. The number of aromatic nitrogens is 2. The highest BCUT2D eigenvalue weighted by Crippen LogP contribution is 2.48. The zero-order chi connectivity index (χ0) is 22.9. The molecule has 3 aromatic rings. The molecule has 0 fully saturated rings. The van der Waals surface area contributed by atoms with Crippen LogP contribution in [0, 0.1) is 11.2 Å². The van der Waals surface area contributed by atoms with Gasteiger partial charge in [-0.15, -0.1) is 0 Å². The van der Waals surface area contributed by atoms with E-state index < -0.39 is 23.4 Å². The molecular formula is C23H22F2N4O3. The second-order valence-electron chi connectivity index (χ2n) is 8.04. The molecule has 0 aliphatic carbocycles. The van der Waals surface area contributed by atoms with Crippen molar-refractivity contribution in [2.75, 3.05) is 13.2 Å². The third-order valence-corrected chi connectivity index (χ3v) is 4.90. The molecule has 0 saturated heterocycles. The smallest absolute Gasteiger partial charge is 0.279 e. The van der Waals surface area contributed by atoms with Gasteiger partial charge in [-0.05, 0) is 37.6 Å². The summed E-state index contributed by atoms with van der Waals surface area (Å²) >= 11 is 0. The maximum atomic E-state index is 14.9. The molecule has 7 nitrogen and oxygen atoms in total. The van der Waals surface area contributed by atoms with Gasteiger partial charge in [0.2, 0.25) is 0 Å². The molecule has 1 atom stereocenters. The first-order chi connectivity index (χ1) is 15.2. The lowest BCUT2D eigenvalue weighted by molar-refractivity contribution is 0.120. The van der Waals surface area contributed by atoms with Gasteiger partial charge in [0, 0.05) is 35.2 Å². The minimum atomic E-state index is -1.58. The number of rotatable bonds is 6. The first kappa shape index (κ1) is 21.5. The molecular weight excluding hydrogens is 418 g/mol. The Kier molecular flexibility index (Phi) is 5.65. The first-order valence-corrected chi connectivity index (χ1v) is 9.90. The fourth-order valence-electron chi connectivity index (χ4n) is 3.47. The SMILES string of the molecule is CC(C)(F)COc1cc(F)c2c(c1)C(COC(=N)N)c1cc(-c3cncnc3)ccc1O2. The quantitative estimate of drug-likeness (QED) is 0.430. The Bertz CT molecular complexity index is 1150. The molecule has 1 aromatic heterocycles. The van der Waals surface area contributed by atoms with Crippen molar-refractivity contribution in [3.63, 3.8) is 0 Å². The van der Waals surface area contributed by atoms with Gasteiger partial charge in [0.1, 0.15) is 36.7 Å². The second-order valence-corrected chi connectivity index (χ2v) is 8.04. The van der Waals surface area contributed by atoms with E-state index >= 15 is 0 Å². The monoisotopic (exact) mass is 440 g/mol. The summed E-state index contributed by atoms with van der Waals surface area (Å²) < 4.78 is 45.5. The van der Waals surface area contributed by atoms with Crippen molar-refractivity contribution in [2.24, 2.45) is 5.73 Å². The molecule has 1 aliphatic rings. The maximum absolute atomic E-state index is 14.9. The molecule has 4 rings (SSSR count). The van der Waals surface area contributed by atoms with Crippen molar-refractivity contribution < 1.29 is 23.0 Å². The summed E-state index contributed by atoms with van der Waals surface area (Å²) in [6, 6.07) is 7.73. The maximum Gasteiger partial charge on any atom is 0.279 e. The van der Waals surface area contributed by atoms with E-state index in [1.165, 1.54) is 20.2 Å². The number of nitrogens with zero attached hydrogens (tertiary/aromatic N) is 2. The molecule has 0 saturated carbocycles. The van der Waals surface area contributed by atoms with Crippen molar-refractivity contribution in [1.29, 1.82) is 5.41 Å². The summed E-state index contributed by atoms with van der Waals surface area (Å²) in [5.74, 6) is -0.517. The Hall–Kier alpha value is -3.75. The topological polar surface area (TPSA) is 103 Å². The van der Waals surface area contributed by atoms with Crippen LogP contribution in [0.25, 0.3) is 11.1 Å². The van der Waals surface area contributed by atoms with Gasteiger partial charge >= 0.3 is 0 Å². The number of ether oxygens (including phenoxy) is 3. The van der Waals surface area contributed by atoms with E-state index in [1.807, 2.05) is 12.1 Å². The van der Waals surface area contributed by atoms with Gasteiger partial charge in [0.25, 0.3) is 6.02 Å². The number of nitrogens with one attached hydrogen (secondary N) is 1. The molecule has 1 unspecified atom stereocenters. The molecule has 1 aliphatic heterocycles. The molecule has 3 N–H and O–H groups in total. The van der Waals surface area contributed by atoms with Crippen molar-refractivity contribution in [3.05, 3.63) is 66.0 Å². The minimum Gasteiger partial charge on any atom is -0.490 e. The van der Waals surface area contributed by atoms with Crippen LogP contribution in [0.4, 0.5) is 8.78 Å². The van der Waals surface area contributed by atoms with E-state index in [2.05, 4.69) is 9.97 Å². The molecule has 2 heterocycles. The fraction of sp³-hybridized carbons (Fsp3) is 0.261. The summed E-state index contributed by atoms with van der Waals surface area (Å²) in [4.78, 5) is 8.09. The Balaban J connectivity index is 1.77. The van der Waals surface area contributed by atoms with Gasteiger partial charge in [-0.25, -0.2) is 18.7 Å². The average Bonchev–Trinajstić information content (AvgIpc) is 2.75. The minimum absolute atomic E-state index is 0.0229. The van der Waals surface area contributed by atoms with E-state index in [4.69, 9.17) is 25.4 Å². The number of benzene rings is 2. The summed E-state index contributed by atoms with van der Waals surface area (Å²) in [7, 11) is 0. The Morgan fingerprint density at radius 1 is 1.16 bits per heavy atom. The van der Waals surface area contributed by atoms with Crippen molar-refractivity contribution >= 4 is 6.02 Å². The molecule has 0 spiro atoms. The molecule has 0 radical (unpaired) electrons. The van der Waals surface area contributed by atoms with Gasteiger partial charge in [-0.2, -0.15) is 0 Å². The second kappa shape index (κ2) is 8.41. The Morgan fingerprint density at radius 3 is 2.59 bits per heavy atom. The van der Waals surface area contributed by atoms with Crippen molar-refractivity contribution in [2.45, 2.75) is 25.4 Å². The van der Waals surface area contributed by atoms with Crippen LogP contribution in [0.5, 0.6) is 17.2 Å². The lowest BCUT2D eigenvalue weighted by Crippen LogP contribution is -2.24. The number of hydrogen-bond acceptors (Lipinski definition) is 6. The number of alkyl halides is 1. The van der Waals surface area contributed by atoms with Crippen molar-refractivity contribution in [3.8, 4) is 28.4 Å². The predicted molar refractivity (Wildman–Crippen MR) is 114 cm³/mol.